The Morgan fingerprint density at radius 1 is 1.50 bits per heavy atom. The van der Waals surface area contributed by atoms with Gasteiger partial charge in [-0.05, 0) is 24.4 Å². The Balaban J connectivity index is 2.03. The summed E-state index contributed by atoms with van der Waals surface area (Å²) in [5.74, 6) is 5.55. The fourth-order valence-corrected chi connectivity index (χ4v) is 2.64. The maximum Gasteiger partial charge on any atom is 0.256 e. The van der Waals surface area contributed by atoms with E-state index in [4.69, 9.17) is 33.7 Å². The van der Waals surface area contributed by atoms with Gasteiger partial charge in [-0.3, -0.25) is 5.01 Å². The van der Waals surface area contributed by atoms with Crippen molar-refractivity contribution in [1.29, 1.82) is 0 Å². The number of hydrogen-bond donors (Lipinski definition) is 4. The molecule has 6 N–H and O–H groups in total. The van der Waals surface area contributed by atoms with E-state index in [2.05, 4.69) is 10.5 Å². The average molecular weight is 382 g/mol. The van der Waals surface area contributed by atoms with Crippen LogP contribution in [0, 0.1) is 5.82 Å². The minimum Gasteiger partial charge on any atom is -0.474 e. The van der Waals surface area contributed by atoms with Crippen LogP contribution in [0.5, 0.6) is 0 Å². The molecule has 0 aliphatic carbocycles. The predicted molar refractivity (Wildman–Crippen MR) is 104 cm³/mol. The fourth-order valence-electron chi connectivity index (χ4n) is 2.56. The molecule has 1 saturated heterocycles. The molecule has 26 heavy (non-hydrogen) atoms. The van der Waals surface area contributed by atoms with Crippen molar-refractivity contribution in [1.82, 2.24) is 5.32 Å². The first-order valence-corrected chi connectivity index (χ1v) is 8.41. The Kier molecular flexibility index (Phi) is 6.98. The summed E-state index contributed by atoms with van der Waals surface area (Å²) in [6.45, 7) is 1.45. The largest absolute Gasteiger partial charge is 0.474 e. The van der Waals surface area contributed by atoms with Gasteiger partial charge in [-0.2, -0.15) is 0 Å². The molecule has 1 aromatic rings. The summed E-state index contributed by atoms with van der Waals surface area (Å²) in [6.07, 6.45) is 2.69. The topological polar surface area (TPSA) is 112 Å². The summed E-state index contributed by atoms with van der Waals surface area (Å²) < 4.78 is 19.3. The van der Waals surface area contributed by atoms with Crippen molar-refractivity contribution in [3.05, 3.63) is 35.9 Å². The zero-order valence-electron chi connectivity index (χ0n) is 14.5. The monoisotopic (exact) mass is 382 g/mol. The molecular weight excluding hydrogens is 359 g/mol. The van der Waals surface area contributed by atoms with Gasteiger partial charge in [-0.1, -0.05) is 5.16 Å². The van der Waals surface area contributed by atoms with Crippen LogP contribution in [0.4, 0.5) is 15.8 Å². The highest BCUT2D eigenvalue weighted by Crippen LogP contribution is 2.26. The average Bonchev–Trinajstić information content (AvgIpc) is 2.66. The normalized spacial score (nSPS) is 14.8. The molecular formula is C16H23FN6O2S. The number of benzene rings is 1. The van der Waals surface area contributed by atoms with Crippen LogP contribution in [-0.4, -0.2) is 42.8 Å². The van der Waals surface area contributed by atoms with Crippen LogP contribution in [0.3, 0.4) is 0 Å². The van der Waals surface area contributed by atoms with E-state index >= 15 is 0 Å². The van der Waals surface area contributed by atoms with Crippen molar-refractivity contribution in [3.63, 3.8) is 0 Å². The Morgan fingerprint density at radius 2 is 2.19 bits per heavy atom. The predicted octanol–water partition coefficient (Wildman–Crippen LogP) is 1.26. The van der Waals surface area contributed by atoms with Crippen molar-refractivity contribution in [2.45, 2.75) is 12.8 Å². The highest BCUT2D eigenvalue weighted by molar-refractivity contribution is 7.80. The minimum absolute atomic E-state index is 0.219. The summed E-state index contributed by atoms with van der Waals surface area (Å²) in [6, 6.07) is 4.74. The van der Waals surface area contributed by atoms with E-state index in [1.54, 1.807) is 12.1 Å². The van der Waals surface area contributed by atoms with Gasteiger partial charge in [-0.25, -0.2) is 10.2 Å². The number of hydrogen-bond acceptors (Lipinski definition) is 8. The van der Waals surface area contributed by atoms with Crippen LogP contribution < -0.4 is 26.8 Å². The quantitative estimate of drug-likeness (QED) is 0.261. The second kappa shape index (κ2) is 9.20. The molecule has 0 bridgehead atoms. The van der Waals surface area contributed by atoms with E-state index in [-0.39, 0.29) is 17.5 Å². The Hall–Kier alpha value is -2.59. The number of nitrogens with zero attached hydrogens (tertiary/aromatic N) is 3. The molecule has 1 aromatic carbocycles. The van der Waals surface area contributed by atoms with Crippen molar-refractivity contribution in [2.75, 3.05) is 36.7 Å². The van der Waals surface area contributed by atoms with Gasteiger partial charge in [0.05, 0.1) is 30.7 Å². The summed E-state index contributed by atoms with van der Waals surface area (Å²) in [5, 5.41) is 16.3. The molecule has 0 saturated carbocycles. The zero-order valence-corrected chi connectivity index (χ0v) is 15.3. The van der Waals surface area contributed by atoms with Crippen LogP contribution in [0.25, 0.3) is 0 Å². The van der Waals surface area contributed by atoms with Gasteiger partial charge in [0.15, 0.2) is 0 Å². The number of methoxy groups -OCH3 is 1. The van der Waals surface area contributed by atoms with Crippen molar-refractivity contribution >= 4 is 34.5 Å². The number of thiocarbonyl (C=S) groups is 1. The summed E-state index contributed by atoms with van der Waals surface area (Å²) >= 11 is 4.85. The van der Waals surface area contributed by atoms with E-state index in [0.29, 0.717) is 43.0 Å². The van der Waals surface area contributed by atoms with E-state index in [1.807, 2.05) is 4.90 Å². The third kappa shape index (κ3) is 5.20. The summed E-state index contributed by atoms with van der Waals surface area (Å²) in [4.78, 5) is 1.91. The second-order valence-electron chi connectivity index (χ2n) is 5.75. The lowest BCUT2D eigenvalue weighted by atomic mass is 10.1. The van der Waals surface area contributed by atoms with Crippen molar-refractivity contribution < 1.29 is 14.3 Å². The van der Waals surface area contributed by atoms with E-state index in [1.165, 1.54) is 24.4 Å². The second-order valence-corrected chi connectivity index (χ2v) is 6.12. The molecule has 2 rings (SSSR count). The van der Waals surface area contributed by atoms with Gasteiger partial charge >= 0.3 is 0 Å². The number of ether oxygens (including phenoxy) is 1. The summed E-state index contributed by atoms with van der Waals surface area (Å²) in [7, 11) is 1.45. The van der Waals surface area contributed by atoms with Gasteiger partial charge < -0.3 is 25.9 Å². The molecule has 0 atom stereocenters. The molecule has 0 aromatic heterocycles. The Morgan fingerprint density at radius 3 is 2.77 bits per heavy atom. The lowest BCUT2D eigenvalue weighted by Crippen LogP contribution is -2.34. The molecule has 0 spiro atoms. The van der Waals surface area contributed by atoms with Crippen LogP contribution in [0.1, 0.15) is 12.8 Å². The fraction of sp³-hybridized carbons (Fsp3) is 0.375. The molecule has 8 nitrogen and oxygen atoms in total. The van der Waals surface area contributed by atoms with E-state index in [9.17, 15) is 4.39 Å². The first-order valence-electron chi connectivity index (χ1n) is 8.00. The molecule has 0 radical (unpaired) electrons. The van der Waals surface area contributed by atoms with E-state index < -0.39 is 0 Å². The molecule has 142 valence electrons. The van der Waals surface area contributed by atoms with Gasteiger partial charge in [0.1, 0.15) is 5.82 Å². The smallest absolute Gasteiger partial charge is 0.256 e. The number of nitrogens with one attached hydrogen (secondary N) is 1. The molecule has 10 heteroatoms. The molecule has 1 aliphatic rings. The zero-order chi connectivity index (χ0) is 19.1. The Labute approximate surface area is 156 Å². The van der Waals surface area contributed by atoms with Gasteiger partial charge in [-0.15, -0.1) is 0 Å². The van der Waals surface area contributed by atoms with Gasteiger partial charge in [0.25, 0.3) is 5.17 Å². The van der Waals surface area contributed by atoms with Crippen LogP contribution in [0.2, 0.25) is 0 Å². The standard InChI is InChI=1S/C16H23FN6O2S/c1-25-16(26)20-9-11(18)10-23(19)13-2-3-15(14(17)8-13)22-6-4-12(21-24)5-7-22/h2-3,8,10,24H,4-7,9,18-19H2,1H3,(H,20,26)/b11-10-. The first kappa shape index (κ1) is 19.7. The number of halogens is 1. The molecule has 1 aliphatic heterocycles. The SMILES string of the molecule is COC(=S)NC/C(N)=C/N(N)c1ccc(N2CCC(=NO)CC2)c(F)c1. The lowest BCUT2D eigenvalue weighted by molar-refractivity contribution is 0.315. The number of hydrazine groups is 1. The third-order valence-electron chi connectivity index (χ3n) is 3.98. The van der Waals surface area contributed by atoms with Crippen LogP contribution >= 0.6 is 12.2 Å². The number of nitrogens with two attached hydrogens (primary N) is 2. The van der Waals surface area contributed by atoms with Gasteiger partial charge in [0, 0.05) is 43.9 Å². The number of piperidine rings is 1. The molecule has 1 fully saturated rings. The number of anilines is 2. The molecule has 0 amide bonds. The number of rotatable bonds is 5. The third-order valence-corrected chi connectivity index (χ3v) is 4.29. The molecule has 0 unspecified atom stereocenters. The molecule has 1 heterocycles. The maximum absolute atomic E-state index is 14.5. The maximum atomic E-state index is 14.5. The highest BCUT2D eigenvalue weighted by atomic mass is 32.1. The van der Waals surface area contributed by atoms with Gasteiger partial charge in [0.2, 0.25) is 0 Å². The first-order chi connectivity index (χ1) is 12.4. The van der Waals surface area contributed by atoms with E-state index in [0.717, 1.165) is 5.71 Å². The minimum atomic E-state index is -0.381. The highest BCUT2D eigenvalue weighted by Gasteiger charge is 2.19. The van der Waals surface area contributed by atoms with Crippen LogP contribution in [-0.2, 0) is 4.74 Å². The van der Waals surface area contributed by atoms with Crippen molar-refractivity contribution in [3.8, 4) is 0 Å². The van der Waals surface area contributed by atoms with Crippen LogP contribution in [0.15, 0.2) is 35.3 Å². The summed E-state index contributed by atoms with van der Waals surface area (Å²) in [5.41, 5.74) is 7.94. The van der Waals surface area contributed by atoms with Crippen molar-refractivity contribution in [2.24, 2.45) is 16.7 Å². The Bertz CT molecular complexity index is 702. The lowest BCUT2D eigenvalue weighted by Gasteiger charge is -2.30. The number of oxime groups is 1.